The second-order valence-corrected chi connectivity index (χ2v) is 12.0. The van der Waals surface area contributed by atoms with Gasteiger partial charge in [-0.1, -0.05) is 24.3 Å². The molecule has 0 fully saturated rings. The predicted octanol–water partition coefficient (Wildman–Crippen LogP) is 5.49. The van der Waals surface area contributed by atoms with Crippen LogP contribution in [0.3, 0.4) is 0 Å². The Kier molecular flexibility index (Phi) is 8.16. The minimum atomic E-state index is -0.575. The average molecular weight is 534 g/mol. The van der Waals surface area contributed by atoms with E-state index in [1.165, 1.54) is 5.57 Å². The van der Waals surface area contributed by atoms with Gasteiger partial charge in [0.25, 0.3) is 0 Å². The monoisotopic (exact) mass is 533 g/mol. The van der Waals surface area contributed by atoms with Crippen molar-refractivity contribution in [2.75, 3.05) is 25.0 Å². The number of anilines is 1. The Morgan fingerprint density at radius 3 is 2.23 bits per heavy atom. The van der Waals surface area contributed by atoms with Crippen molar-refractivity contribution in [1.29, 1.82) is 0 Å². The molecule has 0 unspecified atom stereocenters. The Morgan fingerprint density at radius 1 is 0.923 bits per heavy atom. The van der Waals surface area contributed by atoms with Crippen molar-refractivity contribution in [3.8, 4) is 0 Å². The molecule has 2 aromatic rings. The summed E-state index contributed by atoms with van der Waals surface area (Å²) in [7, 11) is 0. The third kappa shape index (κ3) is 7.26. The molecule has 8 heteroatoms. The molecule has 2 heterocycles. The van der Waals surface area contributed by atoms with Gasteiger partial charge in [0.05, 0.1) is 5.56 Å². The number of nitrogens with one attached hydrogen (secondary N) is 2. The zero-order chi connectivity index (χ0) is 28.4. The second-order valence-electron chi connectivity index (χ2n) is 12.0. The Hall–Kier alpha value is -3.65. The van der Waals surface area contributed by atoms with Crippen LogP contribution in [0.25, 0.3) is 5.57 Å². The van der Waals surface area contributed by atoms with Gasteiger partial charge < -0.3 is 25.0 Å². The largest absolute Gasteiger partial charge is 0.456 e. The van der Waals surface area contributed by atoms with Crippen molar-refractivity contribution in [3.63, 3.8) is 0 Å². The van der Waals surface area contributed by atoms with Gasteiger partial charge in [-0.15, -0.1) is 0 Å². The summed E-state index contributed by atoms with van der Waals surface area (Å²) in [5.41, 5.74) is 4.37. The number of amides is 2. The molecule has 39 heavy (non-hydrogen) atoms. The van der Waals surface area contributed by atoms with Gasteiger partial charge in [0.1, 0.15) is 17.2 Å². The number of nitrogens with zero attached hydrogens (tertiary/aromatic N) is 1. The molecule has 0 radical (unpaired) electrons. The first-order valence-corrected chi connectivity index (χ1v) is 13.5. The number of esters is 1. The topological polar surface area (TPSA) is 97.0 Å². The number of carbonyl (C=O) groups excluding carboxylic acids is 3. The summed E-state index contributed by atoms with van der Waals surface area (Å²) >= 11 is 0. The third-order valence-corrected chi connectivity index (χ3v) is 6.50. The molecule has 8 nitrogen and oxygen atoms in total. The first kappa shape index (κ1) is 28.4. The molecule has 0 saturated carbocycles. The number of hydrogen-bond donors (Lipinski definition) is 2. The Bertz CT molecular complexity index is 1270. The van der Waals surface area contributed by atoms with E-state index in [9.17, 15) is 14.4 Å². The van der Waals surface area contributed by atoms with Crippen LogP contribution >= 0.6 is 0 Å². The van der Waals surface area contributed by atoms with Gasteiger partial charge in [-0.05, 0) is 101 Å². The van der Waals surface area contributed by atoms with Crippen molar-refractivity contribution in [1.82, 2.24) is 10.2 Å². The lowest BCUT2D eigenvalue weighted by Gasteiger charge is -2.32. The fourth-order valence-electron chi connectivity index (χ4n) is 4.79. The normalized spacial score (nSPS) is 17.5. The molecule has 208 valence electrons. The predicted molar refractivity (Wildman–Crippen MR) is 152 cm³/mol. The Balaban J connectivity index is 1.46. The molecular weight excluding hydrogens is 494 g/mol. The summed E-state index contributed by atoms with van der Waals surface area (Å²) in [6, 6.07) is 12.3. The highest BCUT2D eigenvalue weighted by Gasteiger charge is 2.30. The van der Waals surface area contributed by atoms with Gasteiger partial charge in [-0.2, -0.15) is 0 Å². The molecule has 2 aromatic carbocycles. The number of hydrogen-bond acceptors (Lipinski definition) is 6. The first-order chi connectivity index (χ1) is 18.3. The van der Waals surface area contributed by atoms with E-state index >= 15 is 0 Å². The van der Waals surface area contributed by atoms with Crippen molar-refractivity contribution in [2.24, 2.45) is 0 Å². The maximum atomic E-state index is 13.3. The summed E-state index contributed by atoms with van der Waals surface area (Å²) < 4.78 is 10.9. The summed E-state index contributed by atoms with van der Waals surface area (Å²) in [6.45, 7) is 12.8. The third-order valence-electron chi connectivity index (χ3n) is 6.50. The summed E-state index contributed by atoms with van der Waals surface area (Å²) in [6.07, 6.45) is 3.33. The fourth-order valence-corrected chi connectivity index (χ4v) is 4.79. The van der Waals surface area contributed by atoms with E-state index < -0.39 is 23.2 Å². The molecule has 0 bridgehead atoms. The zero-order valence-corrected chi connectivity index (χ0v) is 23.7. The molecule has 2 amide bonds. The zero-order valence-electron chi connectivity index (χ0n) is 23.7. The van der Waals surface area contributed by atoms with Gasteiger partial charge in [-0.3, -0.25) is 4.79 Å². The lowest BCUT2D eigenvalue weighted by atomic mass is 9.85. The highest BCUT2D eigenvalue weighted by molar-refractivity contribution is 5.97. The van der Waals surface area contributed by atoms with Gasteiger partial charge in [0.15, 0.2) is 0 Å². The van der Waals surface area contributed by atoms with Crippen molar-refractivity contribution in [2.45, 2.75) is 71.6 Å². The summed E-state index contributed by atoms with van der Waals surface area (Å²) in [4.78, 5) is 39.8. The smallest absolute Gasteiger partial charge is 0.410 e. The van der Waals surface area contributed by atoms with E-state index in [2.05, 4.69) is 22.8 Å². The molecule has 0 saturated heterocycles. The van der Waals surface area contributed by atoms with E-state index in [0.717, 1.165) is 29.5 Å². The van der Waals surface area contributed by atoms with Crippen LogP contribution in [0.4, 0.5) is 10.5 Å². The number of benzene rings is 2. The van der Waals surface area contributed by atoms with Crippen LogP contribution in [0.15, 0.2) is 48.5 Å². The van der Waals surface area contributed by atoms with Crippen LogP contribution in [-0.2, 0) is 20.7 Å². The summed E-state index contributed by atoms with van der Waals surface area (Å²) in [5.74, 6) is -0.561. The lowest BCUT2D eigenvalue weighted by molar-refractivity contribution is -0.118. The first-order valence-electron chi connectivity index (χ1n) is 13.5. The second kappa shape index (κ2) is 11.2. The van der Waals surface area contributed by atoms with Crippen molar-refractivity contribution >= 4 is 29.2 Å². The molecule has 2 aliphatic rings. The SMILES string of the molecule is CC(C)(C)OC(=O)c1ccc(NC(=O)[C@H]2NCCc3c(C4=CCN(C(=O)OC(C)(C)C)CC4)cccc32)cc1. The molecule has 0 aromatic heterocycles. The fraction of sp³-hybridized carbons (Fsp3) is 0.452. The molecule has 2 N–H and O–H groups in total. The maximum Gasteiger partial charge on any atom is 0.410 e. The summed E-state index contributed by atoms with van der Waals surface area (Å²) in [5, 5.41) is 6.33. The molecule has 0 aliphatic carbocycles. The van der Waals surface area contributed by atoms with Crippen LogP contribution in [0.5, 0.6) is 0 Å². The number of carbonyl (C=O) groups is 3. The number of rotatable bonds is 4. The minimum Gasteiger partial charge on any atom is -0.456 e. The molecule has 4 rings (SSSR count). The van der Waals surface area contributed by atoms with Gasteiger partial charge in [0.2, 0.25) is 5.91 Å². The van der Waals surface area contributed by atoms with Crippen LogP contribution in [0.1, 0.15) is 81.1 Å². The van der Waals surface area contributed by atoms with Crippen LogP contribution in [0, 0.1) is 0 Å². The minimum absolute atomic E-state index is 0.160. The van der Waals surface area contributed by atoms with E-state index in [0.29, 0.717) is 30.9 Å². The molecule has 2 aliphatic heterocycles. The van der Waals surface area contributed by atoms with Crippen molar-refractivity contribution in [3.05, 3.63) is 70.8 Å². The molecular formula is C31H39N3O5. The highest BCUT2D eigenvalue weighted by atomic mass is 16.6. The van der Waals surface area contributed by atoms with E-state index in [-0.39, 0.29) is 12.0 Å². The average Bonchev–Trinajstić information content (AvgIpc) is 2.86. The van der Waals surface area contributed by atoms with Gasteiger partial charge in [-0.25, -0.2) is 9.59 Å². The number of ether oxygens (including phenoxy) is 2. The van der Waals surface area contributed by atoms with E-state index in [1.54, 1.807) is 29.2 Å². The van der Waals surface area contributed by atoms with E-state index in [1.807, 2.05) is 53.7 Å². The lowest BCUT2D eigenvalue weighted by Crippen LogP contribution is -2.39. The van der Waals surface area contributed by atoms with Crippen LogP contribution in [0.2, 0.25) is 0 Å². The standard InChI is InChI=1S/C31H39N3O5/c1-30(2,3)38-28(36)21-10-12-22(13-11-21)33-27(35)26-25-9-7-8-23(24(25)14-17-32-26)20-15-18-34(19-16-20)29(37)39-31(4,5)6/h7-13,15,26,32H,14,16-19H2,1-6H3,(H,33,35)/t26-/m0/s1. The number of fused-ring (bicyclic) bond motifs is 1. The quantitative estimate of drug-likeness (QED) is 0.505. The van der Waals surface area contributed by atoms with Gasteiger partial charge in [0, 0.05) is 25.3 Å². The maximum absolute atomic E-state index is 13.3. The van der Waals surface area contributed by atoms with Crippen LogP contribution in [-0.4, -0.2) is 53.7 Å². The van der Waals surface area contributed by atoms with Gasteiger partial charge >= 0.3 is 12.1 Å². The highest BCUT2D eigenvalue weighted by Crippen LogP contribution is 2.33. The Labute approximate surface area is 230 Å². The molecule has 1 atom stereocenters. The van der Waals surface area contributed by atoms with E-state index in [4.69, 9.17) is 9.47 Å². The Morgan fingerprint density at radius 2 is 1.62 bits per heavy atom. The van der Waals surface area contributed by atoms with Crippen molar-refractivity contribution < 1.29 is 23.9 Å². The van der Waals surface area contributed by atoms with Crippen LogP contribution < -0.4 is 10.6 Å². The molecule has 0 spiro atoms.